The smallest absolute Gasteiger partial charge is 0.410 e. The molecule has 0 spiro atoms. The number of piperidine rings is 1. The number of nitrogens with one attached hydrogen (secondary N) is 1. The van der Waals surface area contributed by atoms with E-state index in [2.05, 4.69) is 5.32 Å². The van der Waals surface area contributed by atoms with Crippen molar-refractivity contribution < 1.29 is 9.53 Å². The van der Waals surface area contributed by atoms with E-state index >= 15 is 0 Å². The fraction of sp³-hybridized carbons (Fsp3) is 0.929. The summed E-state index contributed by atoms with van der Waals surface area (Å²) in [7, 11) is 0. The van der Waals surface area contributed by atoms with Crippen molar-refractivity contribution in [2.75, 3.05) is 13.1 Å². The van der Waals surface area contributed by atoms with Gasteiger partial charge in [0.25, 0.3) is 0 Å². The Morgan fingerprint density at radius 2 is 2.00 bits per heavy atom. The highest BCUT2D eigenvalue weighted by Crippen LogP contribution is 2.22. The molecule has 0 radical (unpaired) electrons. The van der Waals surface area contributed by atoms with E-state index in [1.807, 2.05) is 25.7 Å². The van der Waals surface area contributed by atoms with Crippen molar-refractivity contribution >= 4 is 6.09 Å². The Labute approximate surface area is 110 Å². The molecule has 0 aromatic heterocycles. The molecule has 0 unspecified atom stereocenters. The summed E-state index contributed by atoms with van der Waals surface area (Å²) < 4.78 is 5.49. The van der Waals surface area contributed by atoms with E-state index < -0.39 is 5.60 Å². The molecule has 1 heterocycles. The van der Waals surface area contributed by atoms with Gasteiger partial charge in [0, 0.05) is 25.2 Å². The van der Waals surface area contributed by atoms with Gasteiger partial charge in [-0.25, -0.2) is 4.79 Å². The van der Waals surface area contributed by atoms with Gasteiger partial charge >= 0.3 is 6.09 Å². The second-order valence-corrected chi connectivity index (χ2v) is 6.51. The van der Waals surface area contributed by atoms with Crippen LogP contribution in [0.3, 0.4) is 0 Å². The lowest BCUT2D eigenvalue weighted by Gasteiger charge is -2.37. The second-order valence-electron chi connectivity index (χ2n) is 6.51. The maximum absolute atomic E-state index is 12.2. The molecule has 1 aliphatic heterocycles. The molecule has 2 aliphatic rings. The quantitative estimate of drug-likeness (QED) is 0.841. The van der Waals surface area contributed by atoms with E-state index in [0.29, 0.717) is 12.1 Å². The molecule has 2 rings (SSSR count). The van der Waals surface area contributed by atoms with Crippen molar-refractivity contribution in [3.63, 3.8) is 0 Å². The maximum atomic E-state index is 12.2. The number of nitrogens with zero attached hydrogens (tertiary/aromatic N) is 1. The Hall–Kier alpha value is -0.770. The van der Waals surface area contributed by atoms with Gasteiger partial charge in [-0.15, -0.1) is 0 Å². The van der Waals surface area contributed by atoms with E-state index in [9.17, 15) is 4.79 Å². The zero-order chi connectivity index (χ0) is 13.2. The second kappa shape index (κ2) is 5.47. The predicted molar refractivity (Wildman–Crippen MR) is 71.6 cm³/mol. The first-order valence-electron chi connectivity index (χ1n) is 7.19. The normalized spacial score (nSPS) is 25.1. The average Bonchev–Trinajstić information content (AvgIpc) is 3.08. The van der Waals surface area contributed by atoms with E-state index in [1.165, 1.54) is 19.3 Å². The number of carbonyl (C=O) groups excluding carboxylic acids is 1. The Balaban J connectivity index is 1.87. The molecule has 2 fully saturated rings. The third-order valence-electron chi connectivity index (χ3n) is 3.47. The number of likely N-dealkylation sites (tertiary alicyclic amines) is 1. The van der Waals surface area contributed by atoms with Gasteiger partial charge in [0.05, 0.1) is 0 Å². The highest BCUT2D eigenvalue weighted by molar-refractivity contribution is 5.68. The first-order valence-corrected chi connectivity index (χ1v) is 7.19. The number of carbonyl (C=O) groups is 1. The Bertz CT molecular complexity index is 295. The van der Waals surface area contributed by atoms with Gasteiger partial charge in [-0.1, -0.05) is 0 Å². The summed E-state index contributed by atoms with van der Waals surface area (Å²) in [6.07, 6.45) is 5.84. The lowest BCUT2D eigenvalue weighted by molar-refractivity contribution is 0.00992. The first-order chi connectivity index (χ1) is 8.46. The van der Waals surface area contributed by atoms with Crippen LogP contribution in [0.1, 0.15) is 52.9 Å². The molecule has 1 aliphatic carbocycles. The standard InChI is InChI=1S/C14H26N2O2/c1-14(2,3)18-13(17)16-9-5-4-6-12(16)10-15-11-7-8-11/h11-12,15H,4-10H2,1-3H3/t12-/m0/s1. The van der Waals surface area contributed by atoms with Gasteiger partial charge in [0.1, 0.15) is 5.60 Å². The SMILES string of the molecule is CC(C)(C)OC(=O)N1CCCC[C@H]1CNC1CC1. The largest absolute Gasteiger partial charge is 0.444 e. The van der Waals surface area contributed by atoms with E-state index in [0.717, 1.165) is 25.9 Å². The molecular weight excluding hydrogens is 228 g/mol. The zero-order valence-corrected chi connectivity index (χ0v) is 11.9. The average molecular weight is 254 g/mol. The molecule has 4 nitrogen and oxygen atoms in total. The highest BCUT2D eigenvalue weighted by Gasteiger charge is 2.31. The summed E-state index contributed by atoms with van der Waals surface area (Å²) in [6.45, 7) is 7.53. The van der Waals surface area contributed by atoms with Crippen LogP contribution < -0.4 is 5.32 Å². The van der Waals surface area contributed by atoms with Crippen LogP contribution in [-0.4, -0.2) is 41.8 Å². The number of amides is 1. The summed E-state index contributed by atoms with van der Waals surface area (Å²) in [5.74, 6) is 0. The van der Waals surface area contributed by atoms with Crippen LogP contribution in [0.15, 0.2) is 0 Å². The molecule has 1 saturated carbocycles. The Morgan fingerprint density at radius 1 is 1.28 bits per heavy atom. The molecule has 4 heteroatoms. The number of rotatable bonds is 3. The van der Waals surface area contributed by atoms with Crippen molar-refractivity contribution in [1.82, 2.24) is 10.2 Å². The predicted octanol–water partition coefficient (Wildman–Crippen LogP) is 2.53. The third kappa shape index (κ3) is 4.16. The fourth-order valence-corrected chi connectivity index (χ4v) is 2.36. The lowest BCUT2D eigenvalue weighted by Crippen LogP contribution is -2.50. The summed E-state index contributed by atoms with van der Waals surface area (Å²) in [6, 6.07) is 1.02. The first kappa shape index (κ1) is 13.7. The molecule has 1 amide bonds. The molecule has 1 saturated heterocycles. The van der Waals surface area contributed by atoms with Gasteiger partial charge in [0.2, 0.25) is 0 Å². The molecule has 18 heavy (non-hydrogen) atoms. The molecule has 1 atom stereocenters. The minimum Gasteiger partial charge on any atom is -0.444 e. The van der Waals surface area contributed by atoms with Crippen LogP contribution >= 0.6 is 0 Å². The van der Waals surface area contributed by atoms with Crippen LogP contribution in [0.25, 0.3) is 0 Å². The van der Waals surface area contributed by atoms with Gasteiger partial charge in [-0.2, -0.15) is 0 Å². The van der Waals surface area contributed by atoms with Crippen LogP contribution in [0, 0.1) is 0 Å². The van der Waals surface area contributed by atoms with Crippen LogP contribution in [0.2, 0.25) is 0 Å². The van der Waals surface area contributed by atoms with Crippen molar-refractivity contribution in [2.45, 2.75) is 70.6 Å². The molecule has 0 aromatic rings. The summed E-state index contributed by atoms with van der Waals surface area (Å²) in [5.41, 5.74) is -0.400. The van der Waals surface area contributed by atoms with Gasteiger partial charge in [-0.05, 0) is 52.9 Å². The fourth-order valence-electron chi connectivity index (χ4n) is 2.36. The van der Waals surface area contributed by atoms with Crippen molar-refractivity contribution in [2.24, 2.45) is 0 Å². The molecular formula is C14H26N2O2. The van der Waals surface area contributed by atoms with Gasteiger partial charge in [-0.3, -0.25) is 0 Å². The lowest BCUT2D eigenvalue weighted by atomic mass is 10.0. The molecule has 1 N–H and O–H groups in total. The molecule has 0 aromatic carbocycles. The van der Waals surface area contributed by atoms with E-state index in [1.54, 1.807) is 0 Å². The Kier molecular flexibility index (Phi) is 4.15. The third-order valence-corrected chi connectivity index (χ3v) is 3.47. The summed E-state index contributed by atoms with van der Waals surface area (Å²) in [5, 5.41) is 3.52. The van der Waals surface area contributed by atoms with Gasteiger partial charge in [0.15, 0.2) is 0 Å². The molecule has 0 bridgehead atoms. The van der Waals surface area contributed by atoms with Crippen LogP contribution in [0.4, 0.5) is 4.79 Å². The van der Waals surface area contributed by atoms with Crippen molar-refractivity contribution in [3.8, 4) is 0 Å². The van der Waals surface area contributed by atoms with Crippen molar-refractivity contribution in [3.05, 3.63) is 0 Å². The number of hydrogen-bond donors (Lipinski definition) is 1. The van der Waals surface area contributed by atoms with Crippen molar-refractivity contribution in [1.29, 1.82) is 0 Å². The van der Waals surface area contributed by atoms with Gasteiger partial charge < -0.3 is 15.0 Å². The maximum Gasteiger partial charge on any atom is 0.410 e. The highest BCUT2D eigenvalue weighted by atomic mass is 16.6. The topological polar surface area (TPSA) is 41.6 Å². The minimum absolute atomic E-state index is 0.148. The monoisotopic (exact) mass is 254 g/mol. The number of hydrogen-bond acceptors (Lipinski definition) is 3. The summed E-state index contributed by atoms with van der Waals surface area (Å²) in [4.78, 5) is 14.1. The van der Waals surface area contributed by atoms with E-state index in [4.69, 9.17) is 4.74 Å². The minimum atomic E-state index is -0.400. The zero-order valence-electron chi connectivity index (χ0n) is 11.9. The number of ether oxygens (including phenoxy) is 1. The summed E-state index contributed by atoms with van der Waals surface area (Å²) >= 11 is 0. The van der Waals surface area contributed by atoms with Crippen LogP contribution in [0.5, 0.6) is 0 Å². The Morgan fingerprint density at radius 3 is 2.61 bits per heavy atom. The molecule has 104 valence electrons. The van der Waals surface area contributed by atoms with Crippen LogP contribution in [-0.2, 0) is 4.74 Å². The van der Waals surface area contributed by atoms with E-state index in [-0.39, 0.29) is 6.09 Å².